The SMILES string of the molecule is Cc1cc(=O)[nH]c(=O)n1COCC[Si](C)(C)C. The molecule has 0 saturated carbocycles. The van der Waals surface area contributed by atoms with Gasteiger partial charge in [0, 0.05) is 26.4 Å². The van der Waals surface area contributed by atoms with Gasteiger partial charge in [-0.2, -0.15) is 0 Å². The Bertz CT molecular complexity index is 485. The minimum atomic E-state index is -1.10. The summed E-state index contributed by atoms with van der Waals surface area (Å²) in [6, 6.07) is 2.45. The zero-order valence-electron chi connectivity index (χ0n) is 10.9. The highest BCUT2D eigenvalue weighted by Gasteiger charge is 2.12. The predicted molar refractivity (Wildman–Crippen MR) is 70.2 cm³/mol. The summed E-state index contributed by atoms with van der Waals surface area (Å²) in [4.78, 5) is 24.7. The molecular formula is C11H20N2O3Si. The largest absolute Gasteiger partial charge is 0.361 e. The van der Waals surface area contributed by atoms with Crippen molar-refractivity contribution in [3.63, 3.8) is 0 Å². The number of rotatable bonds is 5. The van der Waals surface area contributed by atoms with Gasteiger partial charge in [0.05, 0.1) is 0 Å². The molecular weight excluding hydrogens is 236 g/mol. The first-order valence-corrected chi connectivity index (χ1v) is 9.39. The smallest absolute Gasteiger partial charge is 0.330 e. The number of H-pyrrole nitrogens is 1. The Balaban J connectivity index is 2.59. The molecule has 1 N–H and O–H groups in total. The van der Waals surface area contributed by atoms with Crippen molar-refractivity contribution >= 4 is 8.07 Å². The Morgan fingerprint density at radius 1 is 1.35 bits per heavy atom. The van der Waals surface area contributed by atoms with Gasteiger partial charge < -0.3 is 4.74 Å². The quantitative estimate of drug-likeness (QED) is 0.635. The minimum absolute atomic E-state index is 0.200. The molecule has 0 spiro atoms. The average Bonchev–Trinajstić information content (AvgIpc) is 2.13. The molecule has 0 aliphatic heterocycles. The molecule has 1 aromatic rings. The lowest BCUT2D eigenvalue weighted by atomic mass is 10.4. The predicted octanol–water partition coefficient (Wildman–Crippen LogP) is 1.16. The fourth-order valence-electron chi connectivity index (χ4n) is 1.33. The topological polar surface area (TPSA) is 64.1 Å². The second-order valence-corrected chi connectivity index (χ2v) is 11.0. The van der Waals surface area contributed by atoms with E-state index in [0.717, 1.165) is 6.04 Å². The first-order chi connectivity index (χ1) is 7.79. The Kier molecular flexibility index (Phi) is 4.47. The van der Waals surface area contributed by atoms with E-state index in [9.17, 15) is 9.59 Å². The lowest BCUT2D eigenvalue weighted by Crippen LogP contribution is -2.32. The van der Waals surface area contributed by atoms with Crippen molar-refractivity contribution in [2.24, 2.45) is 0 Å². The van der Waals surface area contributed by atoms with Gasteiger partial charge in [0.1, 0.15) is 6.73 Å². The fourth-order valence-corrected chi connectivity index (χ4v) is 2.09. The number of aromatic nitrogens is 2. The van der Waals surface area contributed by atoms with Gasteiger partial charge in [-0.3, -0.25) is 14.3 Å². The van der Waals surface area contributed by atoms with Crippen LogP contribution in [0.15, 0.2) is 15.7 Å². The molecule has 0 radical (unpaired) electrons. The highest BCUT2D eigenvalue weighted by atomic mass is 28.3. The second kappa shape index (κ2) is 5.46. The number of aryl methyl sites for hydroxylation is 1. The van der Waals surface area contributed by atoms with E-state index >= 15 is 0 Å². The lowest BCUT2D eigenvalue weighted by Gasteiger charge is -2.16. The van der Waals surface area contributed by atoms with Gasteiger partial charge in [-0.25, -0.2) is 4.79 Å². The van der Waals surface area contributed by atoms with Crippen molar-refractivity contribution in [3.05, 3.63) is 32.6 Å². The zero-order chi connectivity index (χ0) is 13.1. The molecule has 96 valence electrons. The molecule has 0 aliphatic rings. The van der Waals surface area contributed by atoms with Crippen LogP contribution in [0.3, 0.4) is 0 Å². The molecule has 5 nitrogen and oxygen atoms in total. The molecule has 0 bridgehead atoms. The van der Waals surface area contributed by atoms with Crippen LogP contribution >= 0.6 is 0 Å². The minimum Gasteiger partial charge on any atom is -0.361 e. The van der Waals surface area contributed by atoms with E-state index < -0.39 is 13.8 Å². The summed E-state index contributed by atoms with van der Waals surface area (Å²) in [6.45, 7) is 9.39. The standard InChI is InChI=1S/C11H20N2O3Si/c1-9-7-10(14)12-11(15)13(9)8-16-5-6-17(2,3)4/h7H,5-6,8H2,1-4H3,(H,12,14,15). The average molecular weight is 256 g/mol. The molecule has 0 fully saturated rings. The molecule has 0 saturated heterocycles. The third kappa shape index (κ3) is 4.70. The molecule has 0 atom stereocenters. The highest BCUT2D eigenvalue weighted by Crippen LogP contribution is 2.07. The van der Waals surface area contributed by atoms with Gasteiger partial charge in [-0.15, -0.1) is 0 Å². The zero-order valence-corrected chi connectivity index (χ0v) is 11.9. The van der Waals surface area contributed by atoms with Crippen LogP contribution in [0.4, 0.5) is 0 Å². The summed E-state index contributed by atoms with van der Waals surface area (Å²) in [6.07, 6.45) is 0. The Morgan fingerprint density at radius 2 is 2.00 bits per heavy atom. The first kappa shape index (κ1) is 13.9. The molecule has 0 aliphatic carbocycles. The maximum Gasteiger partial charge on any atom is 0.330 e. The van der Waals surface area contributed by atoms with Gasteiger partial charge in [0.15, 0.2) is 0 Å². The van der Waals surface area contributed by atoms with Crippen LogP contribution < -0.4 is 11.2 Å². The van der Waals surface area contributed by atoms with Crippen molar-refractivity contribution in [3.8, 4) is 0 Å². The third-order valence-corrected chi connectivity index (χ3v) is 4.16. The fraction of sp³-hybridized carbons (Fsp3) is 0.636. The molecule has 0 aromatic carbocycles. The van der Waals surface area contributed by atoms with E-state index in [0.29, 0.717) is 12.3 Å². The van der Waals surface area contributed by atoms with Crippen LogP contribution in [0.1, 0.15) is 5.69 Å². The molecule has 1 aromatic heterocycles. The van der Waals surface area contributed by atoms with Crippen molar-refractivity contribution in [1.29, 1.82) is 0 Å². The monoisotopic (exact) mass is 256 g/mol. The van der Waals surface area contributed by atoms with Gasteiger partial charge >= 0.3 is 5.69 Å². The third-order valence-electron chi connectivity index (χ3n) is 2.46. The highest BCUT2D eigenvalue weighted by molar-refractivity contribution is 6.76. The molecule has 1 heterocycles. The molecule has 0 amide bonds. The van der Waals surface area contributed by atoms with Crippen molar-refractivity contribution in [2.45, 2.75) is 39.3 Å². The molecule has 6 heteroatoms. The van der Waals surface area contributed by atoms with E-state index in [1.807, 2.05) is 0 Å². The summed E-state index contributed by atoms with van der Waals surface area (Å²) in [7, 11) is -1.10. The number of hydrogen-bond donors (Lipinski definition) is 1. The number of nitrogens with zero attached hydrogens (tertiary/aromatic N) is 1. The van der Waals surface area contributed by atoms with E-state index in [1.54, 1.807) is 6.92 Å². The Labute approximate surface area is 101 Å². The van der Waals surface area contributed by atoms with Crippen molar-refractivity contribution < 1.29 is 4.74 Å². The van der Waals surface area contributed by atoms with Crippen LogP contribution in [0.5, 0.6) is 0 Å². The summed E-state index contributed by atoms with van der Waals surface area (Å²) in [5.41, 5.74) is -0.166. The number of aromatic amines is 1. The van der Waals surface area contributed by atoms with Gasteiger partial charge in [-0.05, 0) is 13.0 Å². The summed E-state index contributed by atoms with van der Waals surface area (Å²) in [5, 5.41) is 0. The lowest BCUT2D eigenvalue weighted by molar-refractivity contribution is 0.0822. The maximum atomic E-state index is 11.5. The van der Waals surface area contributed by atoms with Crippen LogP contribution in [0.25, 0.3) is 0 Å². The van der Waals surface area contributed by atoms with Crippen molar-refractivity contribution in [1.82, 2.24) is 9.55 Å². The van der Waals surface area contributed by atoms with E-state index in [-0.39, 0.29) is 12.3 Å². The van der Waals surface area contributed by atoms with E-state index in [4.69, 9.17) is 4.74 Å². The van der Waals surface area contributed by atoms with Gasteiger partial charge in [0.2, 0.25) is 0 Å². The number of ether oxygens (including phenoxy) is 1. The number of hydrogen-bond acceptors (Lipinski definition) is 3. The number of nitrogens with one attached hydrogen (secondary N) is 1. The molecule has 1 rings (SSSR count). The van der Waals surface area contributed by atoms with E-state index in [1.165, 1.54) is 10.6 Å². The second-order valence-electron chi connectivity index (χ2n) is 5.36. The Hall–Kier alpha value is -1.14. The van der Waals surface area contributed by atoms with Crippen LogP contribution in [0, 0.1) is 6.92 Å². The van der Waals surface area contributed by atoms with Crippen LogP contribution in [-0.2, 0) is 11.5 Å². The molecule has 17 heavy (non-hydrogen) atoms. The summed E-state index contributed by atoms with van der Waals surface area (Å²) < 4.78 is 6.90. The maximum absolute atomic E-state index is 11.5. The van der Waals surface area contributed by atoms with Gasteiger partial charge in [0.25, 0.3) is 5.56 Å². The summed E-state index contributed by atoms with van der Waals surface area (Å²) in [5.74, 6) is 0. The van der Waals surface area contributed by atoms with Crippen molar-refractivity contribution in [2.75, 3.05) is 6.61 Å². The normalized spacial score (nSPS) is 11.8. The summed E-state index contributed by atoms with van der Waals surface area (Å²) >= 11 is 0. The first-order valence-electron chi connectivity index (χ1n) is 5.68. The van der Waals surface area contributed by atoms with Crippen LogP contribution in [-0.4, -0.2) is 24.2 Å². The van der Waals surface area contributed by atoms with E-state index in [2.05, 4.69) is 24.6 Å². The molecule has 0 unspecified atom stereocenters. The van der Waals surface area contributed by atoms with Crippen LogP contribution in [0.2, 0.25) is 25.7 Å². The van der Waals surface area contributed by atoms with Gasteiger partial charge in [-0.1, -0.05) is 19.6 Å². The Morgan fingerprint density at radius 3 is 2.53 bits per heavy atom.